The zero-order chi connectivity index (χ0) is 12.1. The molecule has 0 aromatic carbocycles. The summed E-state index contributed by atoms with van der Waals surface area (Å²) >= 11 is 1.17. The summed E-state index contributed by atoms with van der Waals surface area (Å²) in [6.07, 6.45) is 0.458. The number of anilines is 1. The molecule has 1 rings (SSSR count). The number of aromatic nitrogens is 1. The Labute approximate surface area is 96.5 Å². The first-order valence-electron chi connectivity index (χ1n) is 4.76. The first kappa shape index (κ1) is 12.4. The summed E-state index contributed by atoms with van der Waals surface area (Å²) in [6, 6.07) is -0.382. The van der Waals surface area contributed by atoms with Crippen LogP contribution >= 0.6 is 11.3 Å². The van der Waals surface area contributed by atoms with Crippen LogP contribution in [0.2, 0.25) is 0 Å². The second-order valence-corrected chi connectivity index (χ2v) is 4.14. The van der Waals surface area contributed by atoms with E-state index >= 15 is 0 Å². The zero-order valence-electron chi connectivity index (χ0n) is 8.77. The number of aliphatic carboxylic acids is 1. The van der Waals surface area contributed by atoms with E-state index in [1.807, 2.05) is 6.92 Å². The maximum atomic E-state index is 11.6. The van der Waals surface area contributed by atoms with Crippen molar-refractivity contribution in [3.63, 3.8) is 0 Å². The lowest BCUT2D eigenvalue weighted by atomic mass is 10.1. The number of nitrogens with one attached hydrogen (secondary N) is 1. The molecule has 0 aliphatic carbocycles. The molecular weight excluding hydrogens is 230 g/mol. The first-order chi connectivity index (χ1) is 7.52. The molecule has 1 aromatic rings. The minimum absolute atomic E-state index is 0.0954. The van der Waals surface area contributed by atoms with Crippen molar-refractivity contribution in [1.82, 2.24) is 10.3 Å². The Morgan fingerprint density at radius 2 is 2.38 bits per heavy atom. The van der Waals surface area contributed by atoms with Gasteiger partial charge in [0.05, 0.1) is 6.42 Å². The third kappa shape index (κ3) is 3.50. The molecule has 7 heteroatoms. The van der Waals surface area contributed by atoms with Crippen molar-refractivity contribution < 1.29 is 14.7 Å². The van der Waals surface area contributed by atoms with Crippen LogP contribution in [0.5, 0.6) is 0 Å². The van der Waals surface area contributed by atoms with Gasteiger partial charge in [0.2, 0.25) is 0 Å². The van der Waals surface area contributed by atoms with Crippen LogP contribution in [0.4, 0.5) is 5.13 Å². The van der Waals surface area contributed by atoms with Crippen LogP contribution < -0.4 is 11.1 Å². The van der Waals surface area contributed by atoms with E-state index in [1.54, 1.807) is 0 Å². The minimum atomic E-state index is -0.940. The van der Waals surface area contributed by atoms with Crippen molar-refractivity contribution in [3.8, 4) is 0 Å². The van der Waals surface area contributed by atoms with Crippen LogP contribution in [-0.4, -0.2) is 28.0 Å². The van der Waals surface area contributed by atoms with E-state index in [2.05, 4.69) is 10.3 Å². The van der Waals surface area contributed by atoms with Gasteiger partial charge in [0.15, 0.2) is 5.13 Å². The largest absolute Gasteiger partial charge is 0.481 e. The van der Waals surface area contributed by atoms with Crippen LogP contribution in [0.25, 0.3) is 0 Å². The fourth-order valence-corrected chi connectivity index (χ4v) is 1.70. The van der Waals surface area contributed by atoms with Gasteiger partial charge in [-0.15, -0.1) is 11.3 Å². The van der Waals surface area contributed by atoms with Crippen LogP contribution in [0, 0.1) is 0 Å². The molecule has 1 atom stereocenters. The van der Waals surface area contributed by atoms with Crippen molar-refractivity contribution in [2.24, 2.45) is 0 Å². The van der Waals surface area contributed by atoms with E-state index < -0.39 is 5.97 Å². The number of carbonyl (C=O) groups is 2. The smallest absolute Gasteiger partial charge is 0.305 e. The molecule has 1 unspecified atom stereocenters. The summed E-state index contributed by atoms with van der Waals surface area (Å²) in [7, 11) is 0. The maximum absolute atomic E-state index is 11.6. The van der Waals surface area contributed by atoms with Crippen molar-refractivity contribution in [2.45, 2.75) is 25.8 Å². The summed E-state index contributed by atoms with van der Waals surface area (Å²) < 4.78 is 0. The number of nitrogens with two attached hydrogens (primary N) is 1. The molecule has 88 valence electrons. The number of rotatable bonds is 5. The van der Waals surface area contributed by atoms with Gasteiger partial charge in [-0.05, 0) is 6.42 Å². The van der Waals surface area contributed by atoms with E-state index in [4.69, 9.17) is 10.8 Å². The number of carbonyl (C=O) groups excluding carboxylic acids is 1. The molecule has 0 fully saturated rings. The topological polar surface area (TPSA) is 105 Å². The fourth-order valence-electron chi connectivity index (χ4n) is 1.16. The SMILES string of the molecule is CCC(CC(=O)O)NC(=O)c1csc(N)n1. The lowest BCUT2D eigenvalue weighted by Gasteiger charge is -2.13. The first-order valence-corrected chi connectivity index (χ1v) is 5.64. The molecule has 0 bridgehead atoms. The fraction of sp³-hybridized carbons (Fsp3) is 0.444. The van der Waals surface area contributed by atoms with Gasteiger partial charge in [0, 0.05) is 11.4 Å². The number of thiazole rings is 1. The number of nitrogens with zero attached hydrogens (tertiary/aromatic N) is 1. The minimum Gasteiger partial charge on any atom is -0.481 e. The van der Waals surface area contributed by atoms with Gasteiger partial charge >= 0.3 is 5.97 Å². The quantitative estimate of drug-likeness (QED) is 0.706. The Hall–Kier alpha value is -1.63. The van der Waals surface area contributed by atoms with Crippen LogP contribution in [0.3, 0.4) is 0 Å². The summed E-state index contributed by atoms with van der Waals surface area (Å²) in [5, 5.41) is 13.1. The van der Waals surface area contributed by atoms with Gasteiger partial charge in [0.25, 0.3) is 5.91 Å². The van der Waals surface area contributed by atoms with Crippen LogP contribution in [0.1, 0.15) is 30.3 Å². The van der Waals surface area contributed by atoms with Gasteiger partial charge < -0.3 is 16.2 Å². The van der Waals surface area contributed by atoms with Crippen molar-refractivity contribution in [3.05, 3.63) is 11.1 Å². The molecular formula is C9H13N3O3S. The maximum Gasteiger partial charge on any atom is 0.305 e. The van der Waals surface area contributed by atoms with E-state index in [0.29, 0.717) is 11.6 Å². The highest BCUT2D eigenvalue weighted by atomic mass is 32.1. The Kier molecular flexibility index (Phi) is 4.24. The van der Waals surface area contributed by atoms with Crippen LogP contribution in [-0.2, 0) is 4.79 Å². The standard InChI is InChI=1S/C9H13N3O3S/c1-2-5(3-7(13)14)11-8(15)6-4-16-9(10)12-6/h4-5H,2-3H2,1H3,(H2,10,12)(H,11,15)(H,13,14). The Morgan fingerprint density at radius 3 is 2.81 bits per heavy atom. The lowest BCUT2D eigenvalue weighted by molar-refractivity contribution is -0.137. The Bertz CT molecular complexity index is 391. The molecule has 0 saturated heterocycles. The number of hydrogen-bond acceptors (Lipinski definition) is 5. The van der Waals surface area contributed by atoms with Crippen molar-refractivity contribution >= 4 is 28.3 Å². The van der Waals surface area contributed by atoms with Crippen molar-refractivity contribution in [1.29, 1.82) is 0 Å². The molecule has 0 saturated carbocycles. The van der Waals surface area contributed by atoms with E-state index in [9.17, 15) is 9.59 Å². The highest BCUT2D eigenvalue weighted by molar-refractivity contribution is 7.13. The molecule has 0 spiro atoms. The van der Waals surface area contributed by atoms with E-state index in [1.165, 1.54) is 16.7 Å². The number of nitrogen functional groups attached to an aromatic ring is 1. The highest BCUT2D eigenvalue weighted by Crippen LogP contribution is 2.11. The molecule has 16 heavy (non-hydrogen) atoms. The normalized spacial score (nSPS) is 12.1. The lowest BCUT2D eigenvalue weighted by Crippen LogP contribution is -2.36. The Morgan fingerprint density at radius 1 is 1.69 bits per heavy atom. The van der Waals surface area contributed by atoms with Gasteiger partial charge in [-0.25, -0.2) is 4.98 Å². The molecule has 6 nitrogen and oxygen atoms in total. The molecule has 0 aliphatic heterocycles. The number of amides is 1. The van der Waals surface area contributed by atoms with Crippen molar-refractivity contribution in [2.75, 3.05) is 5.73 Å². The van der Waals surface area contributed by atoms with Gasteiger partial charge in [-0.1, -0.05) is 6.92 Å². The molecule has 0 radical (unpaired) electrons. The van der Waals surface area contributed by atoms with Gasteiger partial charge in [0.1, 0.15) is 5.69 Å². The van der Waals surface area contributed by atoms with Crippen LogP contribution in [0.15, 0.2) is 5.38 Å². The monoisotopic (exact) mass is 243 g/mol. The second-order valence-electron chi connectivity index (χ2n) is 3.25. The van der Waals surface area contributed by atoms with Gasteiger partial charge in [-0.2, -0.15) is 0 Å². The summed E-state index contributed by atoms with van der Waals surface area (Å²) in [5.41, 5.74) is 5.62. The molecule has 1 heterocycles. The Balaban J connectivity index is 2.58. The van der Waals surface area contributed by atoms with E-state index in [-0.39, 0.29) is 24.1 Å². The molecule has 0 aliphatic rings. The number of hydrogen-bond donors (Lipinski definition) is 3. The molecule has 1 amide bonds. The number of carboxylic acid groups (broad SMARTS) is 1. The van der Waals surface area contributed by atoms with E-state index in [0.717, 1.165) is 0 Å². The third-order valence-electron chi connectivity index (χ3n) is 2.00. The highest BCUT2D eigenvalue weighted by Gasteiger charge is 2.16. The predicted octanol–water partition coefficient (Wildman–Crippen LogP) is 0.708. The average Bonchev–Trinajstić information content (AvgIpc) is 2.63. The summed E-state index contributed by atoms with van der Waals surface area (Å²) in [5.74, 6) is -1.33. The number of carboxylic acids is 1. The summed E-state index contributed by atoms with van der Waals surface area (Å²) in [6.45, 7) is 1.81. The molecule has 1 aromatic heterocycles. The van der Waals surface area contributed by atoms with Gasteiger partial charge in [-0.3, -0.25) is 9.59 Å². The second kappa shape index (κ2) is 5.45. The molecule has 4 N–H and O–H groups in total. The zero-order valence-corrected chi connectivity index (χ0v) is 9.58. The predicted molar refractivity (Wildman–Crippen MR) is 60.3 cm³/mol. The summed E-state index contributed by atoms with van der Waals surface area (Å²) in [4.78, 5) is 25.9. The average molecular weight is 243 g/mol. The third-order valence-corrected chi connectivity index (χ3v) is 2.68.